The lowest BCUT2D eigenvalue weighted by atomic mass is 9.86. The van der Waals surface area contributed by atoms with Crippen LogP contribution in [0.3, 0.4) is 0 Å². The van der Waals surface area contributed by atoms with E-state index in [1.807, 2.05) is 0 Å². The molecule has 1 aromatic carbocycles. The second-order valence-corrected chi connectivity index (χ2v) is 6.61. The van der Waals surface area contributed by atoms with Crippen molar-refractivity contribution in [2.24, 2.45) is 5.92 Å². The minimum atomic E-state index is -0.365. The van der Waals surface area contributed by atoms with E-state index in [4.69, 9.17) is 0 Å². The molecule has 1 heterocycles. The number of rotatable bonds is 4. The molecule has 0 radical (unpaired) electrons. The fourth-order valence-electron chi connectivity index (χ4n) is 3.51. The van der Waals surface area contributed by atoms with Gasteiger partial charge in [-0.05, 0) is 37.0 Å². The van der Waals surface area contributed by atoms with Gasteiger partial charge in [0.25, 0.3) is 17.7 Å². The minimum Gasteiger partial charge on any atom is -0.349 e. The van der Waals surface area contributed by atoms with Crippen molar-refractivity contribution in [2.45, 2.75) is 38.6 Å². The summed E-state index contributed by atoms with van der Waals surface area (Å²) in [5.74, 6) is -0.416. The molecular weight excluding hydrogens is 304 g/mol. The fraction of sp³-hybridized carbons (Fsp3) is 0.421. The highest BCUT2D eigenvalue weighted by Crippen LogP contribution is 2.26. The summed E-state index contributed by atoms with van der Waals surface area (Å²) >= 11 is 0. The number of fused-ring (bicyclic) bond motifs is 1. The molecule has 0 spiro atoms. The highest BCUT2D eigenvalue weighted by molar-refractivity contribution is 6.22. The lowest BCUT2D eigenvalue weighted by molar-refractivity contribution is 0.0672. The zero-order valence-electron chi connectivity index (χ0n) is 13.9. The summed E-state index contributed by atoms with van der Waals surface area (Å²) in [4.78, 5) is 38.2. The molecule has 24 heavy (non-hydrogen) atoms. The summed E-state index contributed by atoms with van der Waals surface area (Å²) in [6.45, 7) is 5.89. The van der Waals surface area contributed by atoms with E-state index in [0.29, 0.717) is 22.6 Å². The molecule has 126 valence electrons. The first kappa shape index (κ1) is 16.4. The molecule has 1 fully saturated rings. The smallest absolute Gasteiger partial charge is 0.261 e. The third kappa shape index (κ3) is 2.86. The van der Waals surface area contributed by atoms with Gasteiger partial charge in [-0.3, -0.25) is 19.3 Å². The Balaban J connectivity index is 1.80. The molecule has 1 aliphatic heterocycles. The first-order valence-electron chi connectivity index (χ1n) is 8.45. The Morgan fingerprint density at radius 3 is 2.67 bits per heavy atom. The Kier molecular flexibility index (Phi) is 4.51. The van der Waals surface area contributed by atoms with E-state index in [1.165, 1.54) is 18.6 Å². The van der Waals surface area contributed by atoms with Gasteiger partial charge in [-0.2, -0.15) is 0 Å². The topological polar surface area (TPSA) is 66.5 Å². The molecule has 2 atom stereocenters. The lowest BCUT2D eigenvalue weighted by Crippen LogP contribution is -2.41. The molecule has 3 amide bonds. The van der Waals surface area contributed by atoms with E-state index in [1.54, 1.807) is 12.1 Å². The number of hydrogen-bond acceptors (Lipinski definition) is 3. The van der Waals surface area contributed by atoms with Crippen LogP contribution in [0.5, 0.6) is 0 Å². The summed E-state index contributed by atoms with van der Waals surface area (Å²) in [6.07, 6.45) is 5.96. The normalized spacial score (nSPS) is 23.1. The predicted octanol–water partition coefficient (Wildman–Crippen LogP) is 2.78. The average molecular weight is 326 g/mol. The van der Waals surface area contributed by atoms with E-state index < -0.39 is 0 Å². The average Bonchev–Trinajstić information content (AvgIpc) is 2.82. The Labute approximate surface area is 141 Å². The molecule has 0 saturated heterocycles. The second kappa shape index (κ2) is 6.59. The van der Waals surface area contributed by atoms with E-state index >= 15 is 0 Å². The van der Waals surface area contributed by atoms with Crippen LogP contribution < -0.4 is 5.32 Å². The van der Waals surface area contributed by atoms with Crippen molar-refractivity contribution < 1.29 is 14.4 Å². The number of benzene rings is 1. The highest BCUT2D eigenvalue weighted by Gasteiger charge is 2.35. The number of hydrogen-bond donors (Lipinski definition) is 1. The van der Waals surface area contributed by atoms with Crippen LogP contribution in [0.25, 0.3) is 0 Å². The monoisotopic (exact) mass is 326 g/mol. The first-order valence-corrected chi connectivity index (χ1v) is 8.45. The van der Waals surface area contributed by atoms with Gasteiger partial charge in [-0.1, -0.05) is 25.8 Å². The maximum atomic E-state index is 12.5. The summed E-state index contributed by atoms with van der Waals surface area (Å²) < 4.78 is 0. The van der Waals surface area contributed by atoms with Crippen LogP contribution in [0, 0.1) is 5.92 Å². The van der Waals surface area contributed by atoms with Gasteiger partial charge in [0.05, 0.1) is 11.1 Å². The third-order valence-corrected chi connectivity index (χ3v) is 4.97. The van der Waals surface area contributed by atoms with Crippen LogP contribution in [-0.2, 0) is 0 Å². The van der Waals surface area contributed by atoms with Crippen molar-refractivity contribution >= 4 is 17.7 Å². The number of carbonyl (C=O) groups excluding carboxylic acids is 3. The molecule has 1 aliphatic carbocycles. The SMILES string of the molecule is C=CCN1C(=O)c2ccc(C(=O)N[C@@H]3CCCC[C@@H]3C)cc2C1=O. The number of carbonyl (C=O) groups is 3. The molecule has 5 heteroatoms. The highest BCUT2D eigenvalue weighted by atomic mass is 16.2. The van der Waals surface area contributed by atoms with Crippen LogP contribution in [-0.4, -0.2) is 35.2 Å². The number of imide groups is 1. The van der Waals surface area contributed by atoms with Crippen LogP contribution in [0.15, 0.2) is 30.9 Å². The molecule has 3 rings (SSSR count). The van der Waals surface area contributed by atoms with Crippen LogP contribution >= 0.6 is 0 Å². The molecule has 5 nitrogen and oxygen atoms in total. The fourth-order valence-corrected chi connectivity index (χ4v) is 3.51. The predicted molar refractivity (Wildman–Crippen MR) is 90.9 cm³/mol. The van der Waals surface area contributed by atoms with Gasteiger partial charge in [-0.25, -0.2) is 0 Å². The van der Waals surface area contributed by atoms with Crippen LogP contribution in [0.4, 0.5) is 0 Å². The van der Waals surface area contributed by atoms with Crippen molar-refractivity contribution in [3.63, 3.8) is 0 Å². The van der Waals surface area contributed by atoms with Crippen LogP contribution in [0.1, 0.15) is 63.7 Å². The van der Waals surface area contributed by atoms with Crippen molar-refractivity contribution in [1.29, 1.82) is 0 Å². The maximum absolute atomic E-state index is 12.5. The van der Waals surface area contributed by atoms with E-state index in [-0.39, 0.29) is 30.3 Å². The minimum absolute atomic E-state index is 0.174. The van der Waals surface area contributed by atoms with Gasteiger partial charge < -0.3 is 5.32 Å². The summed E-state index contributed by atoms with van der Waals surface area (Å²) in [7, 11) is 0. The number of amides is 3. The molecular formula is C19H22N2O3. The molecule has 1 saturated carbocycles. The van der Waals surface area contributed by atoms with Gasteiger partial charge in [0, 0.05) is 18.2 Å². The molecule has 0 aromatic heterocycles. The molecule has 1 aromatic rings. The standard InChI is InChI=1S/C19H22N2O3/c1-3-10-21-18(23)14-9-8-13(11-15(14)19(21)24)17(22)20-16-7-5-4-6-12(16)2/h3,8-9,11-12,16H,1,4-7,10H2,2H3,(H,20,22)/t12-,16+/m0/s1. The Morgan fingerprint density at radius 2 is 1.96 bits per heavy atom. The Bertz CT molecular complexity index is 711. The van der Waals surface area contributed by atoms with Gasteiger partial charge in [0.15, 0.2) is 0 Å². The second-order valence-electron chi connectivity index (χ2n) is 6.61. The molecule has 0 bridgehead atoms. The van der Waals surface area contributed by atoms with Gasteiger partial charge in [0.2, 0.25) is 0 Å². The summed E-state index contributed by atoms with van der Waals surface area (Å²) in [5, 5.41) is 3.07. The zero-order valence-corrected chi connectivity index (χ0v) is 13.9. The van der Waals surface area contributed by atoms with E-state index in [0.717, 1.165) is 24.2 Å². The van der Waals surface area contributed by atoms with Gasteiger partial charge >= 0.3 is 0 Å². The van der Waals surface area contributed by atoms with E-state index in [9.17, 15) is 14.4 Å². The van der Waals surface area contributed by atoms with Crippen molar-refractivity contribution in [1.82, 2.24) is 10.2 Å². The first-order chi connectivity index (χ1) is 11.5. The summed E-state index contributed by atoms with van der Waals surface area (Å²) in [6, 6.07) is 4.89. The van der Waals surface area contributed by atoms with Crippen molar-refractivity contribution in [3.05, 3.63) is 47.5 Å². The molecule has 0 unspecified atom stereocenters. The largest absolute Gasteiger partial charge is 0.349 e. The quantitative estimate of drug-likeness (QED) is 0.683. The van der Waals surface area contributed by atoms with E-state index in [2.05, 4.69) is 18.8 Å². The Hall–Kier alpha value is -2.43. The number of nitrogens with one attached hydrogen (secondary N) is 1. The maximum Gasteiger partial charge on any atom is 0.261 e. The molecule has 2 aliphatic rings. The summed E-state index contributed by atoms with van der Waals surface area (Å²) in [5.41, 5.74) is 1.07. The number of nitrogens with zero attached hydrogens (tertiary/aromatic N) is 1. The van der Waals surface area contributed by atoms with Crippen molar-refractivity contribution in [3.8, 4) is 0 Å². The zero-order chi connectivity index (χ0) is 17.3. The van der Waals surface area contributed by atoms with Crippen LogP contribution in [0.2, 0.25) is 0 Å². The Morgan fingerprint density at radius 1 is 1.25 bits per heavy atom. The van der Waals surface area contributed by atoms with Gasteiger partial charge in [0.1, 0.15) is 0 Å². The third-order valence-electron chi connectivity index (χ3n) is 4.97. The van der Waals surface area contributed by atoms with Crippen molar-refractivity contribution in [2.75, 3.05) is 6.54 Å². The lowest BCUT2D eigenvalue weighted by Gasteiger charge is -2.29. The van der Waals surface area contributed by atoms with Gasteiger partial charge in [-0.15, -0.1) is 6.58 Å². The molecule has 1 N–H and O–H groups in total.